The minimum atomic E-state index is -0.199. The van der Waals surface area contributed by atoms with Gasteiger partial charge in [0.25, 0.3) is 0 Å². The van der Waals surface area contributed by atoms with Crippen molar-refractivity contribution in [3.8, 4) is 5.75 Å². The van der Waals surface area contributed by atoms with Gasteiger partial charge in [0.1, 0.15) is 5.75 Å². The minimum absolute atomic E-state index is 0.199. The predicted molar refractivity (Wildman–Crippen MR) is 66.2 cm³/mol. The molecule has 0 radical (unpaired) electrons. The average Bonchev–Trinajstić information content (AvgIpc) is 2.68. The number of carbonyl (C=O) groups is 1. The lowest BCUT2D eigenvalue weighted by molar-refractivity contribution is -0.143. The van der Waals surface area contributed by atoms with E-state index in [9.17, 15) is 9.90 Å². The van der Waals surface area contributed by atoms with Crippen molar-refractivity contribution in [1.82, 2.24) is 4.98 Å². The lowest BCUT2D eigenvalue weighted by Gasteiger charge is -1.98. The molecule has 0 bridgehead atoms. The lowest BCUT2D eigenvalue weighted by atomic mass is 10.3. The maximum Gasteiger partial charge on any atom is 0.306 e. The summed E-state index contributed by atoms with van der Waals surface area (Å²) in [7, 11) is 0. The number of carbonyl (C=O) groups excluding carboxylic acids is 1. The fourth-order valence-corrected chi connectivity index (χ4v) is 2.51. The summed E-state index contributed by atoms with van der Waals surface area (Å²) in [6, 6.07) is 5.06. The third kappa shape index (κ3) is 2.94. The minimum Gasteiger partial charge on any atom is -0.508 e. The molecular formula is C12H13NO3S. The van der Waals surface area contributed by atoms with Gasteiger partial charge >= 0.3 is 5.97 Å². The molecule has 0 unspecified atom stereocenters. The summed E-state index contributed by atoms with van der Waals surface area (Å²) in [5.74, 6) is 0.0349. The summed E-state index contributed by atoms with van der Waals surface area (Å²) < 4.78 is 5.79. The summed E-state index contributed by atoms with van der Waals surface area (Å²) in [4.78, 5) is 15.6. The zero-order valence-corrected chi connectivity index (χ0v) is 10.3. The first-order valence-electron chi connectivity index (χ1n) is 5.43. The van der Waals surface area contributed by atoms with Gasteiger partial charge in [0.2, 0.25) is 0 Å². The molecule has 2 aromatic rings. The van der Waals surface area contributed by atoms with Crippen molar-refractivity contribution in [1.29, 1.82) is 0 Å². The van der Waals surface area contributed by atoms with Crippen molar-refractivity contribution >= 4 is 27.5 Å². The van der Waals surface area contributed by atoms with Crippen LogP contribution >= 0.6 is 11.3 Å². The van der Waals surface area contributed by atoms with E-state index >= 15 is 0 Å². The van der Waals surface area contributed by atoms with Gasteiger partial charge < -0.3 is 9.84 Å². The molecule has 2 rings (SSSR count). The molecule has 1 aromatic carbocycles. The number of phenols is 1. The van der Waals surface area contributed by atoms with Gasteiger partial charge in [-0.2, -0.15) is 0 Å². The molecule has 90 valence electrons. The number of hydrogen-bond donors (Lipinski definition) is 1. The number of benzene rings is 1. The zero-order valence-electron chi connectivity index (χ0n) is 9.47. The molecule has 0 atom stereocenters. The summed E-state index contributed by atoms with van der Waals surface area (Å²) in [5.41, 5.74) is 0.853. The van der Waals surface area contributed by atoms with E-state index in [1.807, 2.05) is 0 Å². The van der Waals surface area contributed by atoms with E-state index < -0.39 is 0 Å². The summed E-state index contributed by atoms with van der Waals surface area (Å²) in [5, 5.41) is 10.2. The highest BCUT2D eigenvalue weighted by Crippen LogP contribution is 2.26. The molecule has 0 fully saturated rings. The van der Waals surface area contributed by atoms with Crippen LogP contribution in [0.4, 0.5) is 0 Å². The molecule has 0 amide bonds. The number of aryl methyl sites for hydroxylation is 1. The molecule has 0 aliphatic carbocycles. The van der Waals surface area contributed by atoms with Crippen molar-refractivity contribution in [2.45, 2.75) is 19.8 Å². The van der Waals surface area contributed by atoms with Crippen molar-refractivity contribution in [3.05, 3.63) is 23.2 Å². The summed E-state index contributed by atoms with van der Waals surface area (Å²) in [6.07, 6.45) is 0.929. The van der Waals surface area contributed by atoms with E-state index in [-0.39, 0.29) is 11.7 Å². The number of thiazole rings is 1. The maximum atomic E-state index is 11.2. The standard InChI is InChI=1S/C12H13NO3S/c1-2-16-12(15)6-5-11-13-9-4-3-8(14)7-10(9)17-11/h3-4,7,14H,2,5-6H2,1H3. The number of hydrogen-bond acceptors (Lipinski definition) is 5. The lowest BCUT2D eigenvalue weighted by Crippen LogP contribution is -2.04. The molecule has 1 heterocycles. The highest BCUT2D eigenvalue weighted by Gasteiger charge is 2.07. The van der Waals surface area contributed by atoms with Crippen LogP contribution in [0, 0.1) is 0 Å². The first-order valence-corrected chi connectivity index (χ1v) is 6.24. The second-order valence-corrected chi connectivity index (χ2v) is 4.68. The molecule has 0 aliphatic rings. The van der Waals surface area contributed by atoms with Crippen molar-refractivity contribution < 1.29 is 14.6 Å². The Labute approximate surface area is 103 Å². The molecule has 0 saturated heterocycles. The molecule has 0 saturated carbocycles. The number of rotatable bonds is 4. The topological polar surface area (TPSA) is 59.4 Å². The third-order valence-electron chi connectivity index (χ3n) is 2.26. The number of fused-ring (bicyclic) bond motifs is 1. The van der Waals surface area contributed by atoms with Gasteiger partial charge in [-0.25, -0.2) is 4.98 Å². The zero-order chi connectivity index (χ0) is 12.3. The number of esters is 1. The first-order chi connectivity index (χ1) is 8.19. The van der Waals surface area contributed by atoms with Gasteiger partial charge in [-0.1, -0.05) is 0 Å². The second-order valence-electron chi connectivity index (χ2n) is 3.56. The Morgan fingerprint density at radius 3 is 3.12 bits per heavy atom. The van der Waals surface area contributed by atoms with Crippen LogP contribution in [-0.4, -0.2) is 22.7 Å². The van der Waals surface area contributed by atoms with Gasteiger partial charge in [0.05, 0.1) is 28.3 Å². The second kappa shape index (κ2) is 5.14. The number of aromatic hydroxyl groups is 1. The van der Waals surface area contributed by atoms with Crippen LogP contribution in [0.2, 0.25) is 0 Å². The van der Waals surface area contributed by atoms with Gasteiger partial charge in [-0.05, 0) is 25.1 Å². The normalized spacial score (nSPS) is 10.6. The molecule has 4 nitrogen and oxygen atoms in total. The van der Waals surface area contributed by atoms with E-state index in [1.165, 1.54) is 11.3 Å². The summed E-state index contributed by atoms with van der Waals surface area (Å²) in [6.45, 7) is 2.20. The van der Waals surface area contributed by atoms with E-state index in [0.717, 1.165) is 15.2 Å². The van der Waals surface area contributed by atoms with Crippen LogP contribution in [0.5, 0.6) is 5.75 Å². The molecule has 17 heavy (non-hydrogen) atoms. The van der Waals surface area contributed by atoms with Crippen LogP contribution in [-0.2, 0) is 16.0 Å². The van der Waals surface area contributed by atoms with Crippen LogP contribution < -0.4 is 0 Å². The van der Waals surface area contributed by atoms with Crippen LogP contribution in [0.15, 0.2) is 18.2 Å². The first kappa shape index (κ1) is 11.9. The molecule has 0 spiro atoms. The molecule has 1 N–H and O–H groups in total. The number of aromatic nitrogens is 1. The Morgan fingerprint density at radius 2 is 2.35 bits per heavy atom. The molecule has 1 aromatic heterocycles. The van der Waals surface area contributed by atoms with E-state index in [1.54, 1.807) is 25.1 Å². The largest absolute Gasteiger partial charge is 0.508 e. The fourth-order valence-electron chi connectivity index (χ4n) is 1.51. The Balaban J connectivity index is 2.07. The van der Waals surface area contributed by atoms with E-state index in [4.69, 9.17) is 4.74 Å². The van der Waals surface area contributed by atoms with Crippen molar-refractivity contribution in [2.75, 3.05) is 6.61 Å². The smallest absolute Gasteiger partial charge is 0.306 e. The van der Waals surface area contributed by atoms with Crippen molar-refractivity contribution in [2.24, 2.45) is 0 Å². The van der Waals surface area contributed by atoms with Gasteiger partial charge in [-0.3, -0.25) is 4.79 Å². The molecular weight excluding hydrogens is 238 g/mol. The fraction of sp³-hybridized carbons (Fsp3) is 0.333. The monoisotopic (exact) mass is 251 g/mol. The molecule has 5 heteroatoms. The van der Waals surface area contributed by atoms with Crippen LogP contribution in [0.1, 0.15) is 18.4 Å². The van der Waals surface area contributed by atoms with Gasteiger partial charge in [0.15, 0.2) is 0 Å². The highest BCUT2D eigenvalue weighted by atomic mass is 32.1. The Hall–Kier alpha value is -1.62. The molecule has 0 aliphatic heterocycles. The van der Waals surface area contributed by atoms with Crippen LogP contribution in [0.3, 0.4) is 0 Å². The third-order valence-corrected chi connectivity index (χ3v) is 3.34. The predicted octanol–water partition coefficient (Wildman–Crippen LogP) is 2.50. The Kier molecular flexibility index (Phi) is 3.58. The van der Waals surface area contributed by atoms with Crippen molar-refractivity contribution in [3.63, 3.8) is 0 Å². The Morgan fingerprint density at radius 1 is 1.53 bits per heavy atom. The highest BCUT2D eigenvalue weighted by molar-refractivity contribution is 7.18. The number of phenolic OH excluding ortho intramolecular Hbond substituents is 1. The maximum absolute atomic E-state index is 11.2. The van der Waals surface area contributed by atoms with Gasteiger partial charge in [-0.15, -0.1) is 11.3 Å². The van der Waals surface area contributed by atoms with Gasteiger partial charge in [0, 0.05) is 6.42 Å². The quantitative estimate of drug-likeness (QED) is 0.848. The number of nitrogens with zero attached hydrogens (tertiary/aromatic N) is 1. The van der Waals surface area contributed by atoms with Crippen LogP contribution in [0.25, 0.3) is 10.2 Å². The SMILES string of the molecule is CCOC(=O)CCc1nc2ccc(O)cc2s1. The Bertz CT molecular complexity index is 536. The number of ether oxygens (including phenoxy) is 1. The average molecular weight is 251 g/mol. The van der Waals surface area contributed by atoms with E-state index in [2.05, 4.69) is 4.98 Å². The van der Waals surface area contributed by atoms with E-state index in [0.29, 0.717) is 19.4 Å². The summed E-state index contributed by atoms with van der Waals surface area (Å²) >= 11 is 1.49.